The molecule has 0 fully saturated rings. The normalized spacial score (nSPS) is 18.9. The van der Waals surface area contributed by atoms with Crippen molar-refractivity contribution in [3.63, 3.8) is 0 Å². The van der Waals surface area contributed by atoms with Crippen LogP contribution in [0.2, 0.25) is 0 Å². The van der Waals surface area contributed by atoms with Crippen LogP contribution in [0.3, 0.4) is 0 Å². The number of fused-ring (bicyclic) bond motifs is 10. The van der Waals surface area contributed by atoms with E-state index in [1.807, 2.05) is 47.7 Å². The van der Waals surface area contributed by atoms with Gasteiger partial charge in [0, 0.05) is 47.7 Å². The molecule has 2 unspecified atom stereocenters. The fourth-order valence-corrected chi connectivity index (χ4v) is 8.35. The van der Waals surface area contributed by atoms with Gasteiger partial charge < -0.3 is 4.90 Å². The van der Waals surface area contributed by atoms with Gasteiger partial charge in [-0.2, -0.15) is 9.97 Å². The summed E-state index contributed by atoms with van der Waals surface area (Å²) in [5.74, 6) is 2.00. The molecule has 0 radical (unpaired) electrons. The molecule has 7 aromatic rings. The van der Waals surface area contributed by atoms with E-state index < -0.39 is 0 Å². The maximum absolute atomic E-state index is 5.21. The lowest BCUT2D eigenvalue weighted by molar-refractivity contribution is 0.549. The van der Waals surface area contributed by atoms with Gasteiger partial charge in [0.1, 0.15) is 0 Å². The molecular formula is C38H26N4S. The van der Waals surface area contributed by atoms with Crippen LogP contribution in [-0.2, 0) is 5.41 Å². The van der Waals surface area contributed by atoms with Crippen LogP contribution in [0, 0.1) is 0 Å². The molecule has 204 valence electrons. The minimum atomic E-state index is -0.278. The zero-order valence-electron chi connectivity index (χ0n) is 23.5. The van der Waals surface area contributed by atoms with Crippen LogP contribution in [-0.4, -0.2) is 21.0 Å². The first-order valence-corrected chi connectivity index (χ1v) is 15.4. The third-order valence-corrected chi connectivity index (χ3v) is 10.1. The summed E-state index contributed by atoms with van der Waals surface area (Å²) >= 11 is 1.90. The van der Waals surface area contributed by atoms with Crippen molar-refractivity contribution in [1.82, 2.24) is 15.0 Å². The summed E-state index contributed by atoms with van der Waals surface area (Å²) in [6.45, 7) is 2.37. The Bertz CT molecular complexity index is 2210. The van der Waals surface area contributed by atoms with Crippen molar-refractivity contribution in [3.8, 4) is 22.8 Å². The van der Waals surface area contributed by atoms with Crippen molar-refractivity contribution in [2.75, 3.05) is 4.90 Å². The van der Waals surface area contributed by atoms with E-state index >= 15 is 0 Å². The van der Waals surface area contributed by atoms with E-state index in [2.05, 4.69) is 109 Å². The highest BCUT2D eigenvalue weighted by Gasteiger charge is 2.50. The van der Waals surface area contributed by atoms with E-state index in [1.165, 1.54) is 42.2 Å². The van der Waals surface area contributed by atoms with E-state index in [1.54, 1.807) is 0 Å². The molecule has 0 bridgehead atoms. The largest absolute Gasteiger partial charge is 0.301 e. The van der Waals surface area contributed by atoms with Gasteiger partial charge in [0.15, 0.2) is 11.6 Å². The number of anilines is 2. The number of nitrogens with zero attached hydrogens (tertiary/aromatic N) is 4. The number of allylic oxidation sites excluding steroid dienone is 2. The lowest BCUT2D eigenvalue weighted by Crippen LogP contribution is -2.40. The summed E-state index contributed by atoms with van der Waals surface area (Å²) in [4.78, 5) is 17.8. The molecule has 3 heterocycles. The van der Waals surface area contributed by atoms with Gasteiger partial charge in [0.25, 0.3) is 0 Å². The monoisotopic (exact) mass is 570 g/mol. The minimum absolute atomic E-state index is 0.00126. The molecule has 1 aliphatic carbocycles. The number of thiophene rings is 1. The fourth-order valence-electron chi connectivity index (χ4n) is 6.97. The summed E-state index contributed by atoms with van der Waals surface area (Å²) in [7, 11) is 0. The van der Waals surface area contributed by atoms with Gasteiger partial charge in [-0.05, 0) is 18.4 Å². The molecule has 2 atom stereocenters. The molecule has 0 saturated carbocycles. The molecule has 2 aromatic heterocycles. The second-order valence-electron chi connectivity index (χ2n) is 11.4. The first kappa shape index (κ1) is 24.5. The summed E-state index contributed by atoms with van der Waals surface area (Å²) in [5, 5.41) is 5.13. The van der Waals surface area contributed by atoms with Crippen molar-refractivity contribution >= 4 is 53.9 Å². The second kappa shape index (κ2) is 9.18. The summed E-state index contributed by atoms with van der Waals surface area (Å²) in [5.41, 5.74) is 4.18. The molecule has 4 nitrogen and oxygen atoms in total. The van der Waals surface area contributed by atoms with Gasteiger partial charge in [0.05, 0.1) is 11.7 Å². The third kappa shape index (κ3) is 3.52. The zero-order valence-corrected chi connectivity index (χ0v) is 24.3. The smallest absolute Gasteiger partial charge is 0.234 e. The molecular weight excluding hydrogens is 545 g/mol. The van der Waals surface area contributed by atoms with Crippen molar-refractivity contribution in [1.29, 1.82) is 0 Å². The Labute approximate surface area is 253 Å². The van der Waals surface area contributed by atoms with Crippen molar-refractivity contribution in [2.24, 2.45) is 0 Å². The molecule has 0 saturated heterocycles. The van der Waals surface area contributed by atoms with Gasteiger partial charge >= 0.3 is 0 Å². The van der Waals surface area contributed by atoms with Crippen LogP contribution in [0.1, 0.15) is 12.5 Å². The van der Waals surface area contributed by atoms with Gasteiger partial charge in [-0.25, -0.2) is 4.98 Å². The van der Waals surface area contributed by atoms with E-state index in [9.17, 15) is 0 Å². The van der Waals surface area contributed by atoms with Crippen LogP contribution >= 0.6 is 11.3 Å². The van der Waals surface area contributed by atoms with E-state index in [0.29, 0.717) is 17.6 Å². The summed E-state index contributed by atoms with van der Waals surface area (Å²) in [6, 6.07) is 38.1. The molecule has 0 N–H and O–H groups in total. The van der Waals surface area contributed by atoms with Gasteiger partial charge in [-0.1, -0.05) is 127 Å². The molecule has 0 amide bonds. The Kier molecular flexibility index (Phi) is 5.23. The predicted molar refractivity (Wildman–Crippen MR) is 179 cm³/mol. The van der Waals surface area contributed by atoms with Crippen LogP contribution in [0.25, 0.3) is 53.7 Å². The maximum Gasteiger partial charge on any atom is 0.234 e. The highest BCUT2D eigenvalue weighted by Crippen LogP contribution is 2.58. The Balaban J connectivity index is 1.41. The Morgan fingerprint density at radius 3 is 1.95 bits per heavy atom. The van der Waals surface area contributed by atoms with Crippen LogP contribution in [0.5, 0.6) is 0 Å². The zero-order chi connectivity index (χ0) is 28.5. The molecule has 5 heteroatoms. The minimum Gasteiger partial charge on any atom is -0.301 e. The average Bonchev–Trinajstić information content (AvgIpc) is 3.59. The quantitative estimate of drug-likeness (QED) is 0.212. The molecule has 43 heavy (non-hydrogen) atoms. The number of hydrogen-bond donors (Lipinski definition) is 0. The molecule has 0 spiro atoms. The highest BCUT2D eigenvalue weighted by atomic mass is 32.1. The van der Waals surface area contributed by atoms with Crippen molar-refractivity contribution in [2.45, 2.75) is 18.4 Å². The average molecular weight is 571 g/mol. The molecule has 1 aliphatic heterocycles. The fraction of sp³-hybridized carbons (Fsp3) is 0.0789. The molecule has 2 aliphatic rings. The van der Waals surface area contributed by atoms with E-state index in [-0.39, 0.29) is 11.5 Å². The predicted octanol–water partition coefficient (Wildman–Crippen LogP) is 9.63. The van der Waals surface area contributed by atoms with E-state index in [4.69, 9.17) is 15.0 Å². The lowest BCUT2D eigenvalue weighted by Gasteiger charge is -2.33. The summed E-state index contributed by atoms with van der Waals surface area (Å²) in [6.07, 6.45) is 9.03. The Morgan fingerprint density at radius 2 is 1.26 bits per heavy atom. The molecule has 9 rings (SSSR count). The topological polar surface area (TPSA) is 41.9 Å². The van der Waals surface area contributed by atoms with Crippen molar-refractivity contribution < 1.29 is 0 Å². The SMILES string of the molecule is CC12C=CC=CC1N(c1nc(-c3ccccc3)nc(-c3ccccc3)n1)c1c2c2sc3ccccc3c2c2ccccc12. The maximum atomic E-state index is 5.21. The standard InChI is InChI=1S/C38H26N4S/c1-38-23-13-12-22-30(38)42(37-40-35(24-14-4-2-5-15-24)39-36(41-37)25-16-6-3-7-17-25)33-27-19-9-8-18-26(27)31-28-20-10-11-21-29(28)43-34(31)32(33)38/h2-23,30H,1H3. The summed E-state index contributed by atoms with van der Waals surface area (Å²) < 4.78 is 2.65. The third-order valence-electron chi connectivity index (χ3n) is 8.93. The van der Waals surface area contributed by atoms with Gasteiger partial charge in [-0.3, -0.25) is 0 Å². The number of hydrogen-bond acceptors (Lipinski definition) is 5. The number of benzene rings is 5. The number of rotatable bonds is 3. The van der Waals surface area contributed by atoms with Crippen LogP contribution < -0.4 is 4.90 Å². The van der Waals surface area contributed by atoms with Crippen molar-refractivity contribution in [3.05, 3.63) is 139 Å². The first-order chi connectivity index (χ1) is 21.2. The van der Waals surface area contributed by atoms with Gasteiger partial charge in [0.2, 0.25) is 5.95 Å². The van der Waals surface area contributed by atoms with Crippen LogP contribution in [0.4, 0.5) is 11.6 Å². The lowest BCUT2D eigenvalue weighted by atomic mass is 9.75. The van der Waals surface area contributed by atoms with Crippen LogP contribution in [0.15, 0.2) is 133 Å². The molecule has 5 aromatic carbocycles. The van der Waals surface area contributed by atoms with E-state index in [0.717, 1.165) is 11.1 Å². The van der Waals surface area contributed by atoms with Gasteiger partial charge in [-0.15, -0.1) is 11.3 Å². The Morgan fingerprint density at radius 1 is 0.651 bits per heavy atom. The second-order valence-corrected chi connectivity index (χ2v) is 12.5. The number of aromatic nitrogens is 3. The highest BCUT2D eigenvalue weighted by molar-refractivity contribution is 7.26. The Hall–Kier alpha value is -5.13. The first-order valence-electron chi connectivity index (χ1n) is 14.6.